The van der Waals surface area contributed by atoms with E-state index in [9.17, 15) is 4.79 Å². The highest BCUT2D eigenvalue weighted by Crippen LogP contribution is 2.37. The first-order chi connectivity index (χ1) is 14.5. The van der Waals surface area contributed by atoms with E-state index in [4.69, 9.17) is 5.53 Å². The van der Waals surface area contributed by atoms with E-state index in [1.165, 1.54) is 11.3 Å². The Hall–Kier alpha value is -3.17. The summed E-state index contributed by atoms with van der Waals surface area (Å²) in [5.74, 6) is -0.219. The molecule has 1 amide bonds. The monoisotopic (exact) mass is 428 g/mol. The van der Waals surface area contributed by atoms with Crippen molar-refractivity contribution in [3.8, 4) is 10.6 Å². The summed E-state index contributed by atoms with van der Waals surface area (Å²) in [5, 5.41) is 7.98. The SMILES string of the molecule is [N-]=[N+]=NCCCNC(=O)CCC1=[N+]2C(=Cc3ccc(-c4cccs4)n3[B-]2(F)F)C=C1. The molecule has 154 valence electrons. The molecule has 0 fully saturated rings. The van der Waals surface area contributed by atoms with Crippen molar-refractivity contribution in [2.45, 2.75) is 19.3 Å². The van der Waals surface area contributed by atoms with E-state index in [1.807, 2.05) is 17.5 Å². The van der Waals surface area contributed by atoms with Crippen LogP contribution in [0.25, 0.3) is 27.1 Å². The van der Waals surface area contributed by atoms with Crippen LogP contribution in [-0.4, -0.2) is 40.6 Å². The molecule has 2 aliphatic heterocycles. The van der Waals surface area contributed by atoms with E-state index in [2.05, 4.69) is 15.3 Å². The van der Waals surface area contributed by atoms with Gasteiger partial charge in [0.25, 0.3) is 0 Å². The van der Waals surface area contributed by atoms with Crippen LogP contribution < -0.4 is 5.32 Å². The number of nitrogens with zero attached hydrogens (tertiary/aromatic N) is 5. The van der Waals surface area contributed by atoms with E-state index < -0.39 is 6.97 Å². The topological polar surface area (TPSA) is 85.8 Å². The number of nitrogens with one attached hydrogen (secondary N) is 1. The number of carbonyl (C=O) groups excluding carboxylic acids is 1. The van der Waals surface area contributed by atoms with E-state index >= 15 is 8.63 Å². The summed E-state index contributed by atoms with van der Waals surface area (Å²) in [6.07, 6.45) is 5.92. The van der Waals surface area contributed by atoms with Crippen molar-refractivity contribution in [2.75, 3.05) is 13.1 Å². The Balaban J connectivity index is 1.52. The highest BCUT2D eigenvalue weighted by atomic mass is 32.1. The molecule has 0 unspecified atom stereocenters. The van der Waals surface area contributed by atoms with Crippen molar-refractivity contribution in [2.24, 2.45) is 5.11 Å². The van der Waals surface area contributed by atoms with Crippen LogP contribution in [0.2, 0.25) is 0 Å². The number of hydrogen-bond acceptors (Lipinski definition) is 3. The van der Waals surface area contributed by atoms with Crippen LogP contribution in [0.4, 0.5) is 8.63 Å². The van der Waals surface area contributed by atoms with Crippen LogP contribution in [-0.2, 0) is 4.79 Å². The molecule has 2 aromatic heterocycles. The molecule has 0 aromatic carbocycles. The lowest BCUT2D eigenvalue weighted by atomic mass is 9.90. The molecule has 0 saturated carbocycles. The van der Waals surface area contributed by atoms with Gasteiger partial charge >= 0.3 is 6.97 Å². The predicted molar refractivity (Wildman–Crippen MR) is 114 cm³/mol. The lowest BCUT2D eigenvalue weighted by Crippen LogP contribution is -2.50. The van der Waals surface area contributed by atoms with Gasteiger partial charge in [-0.3, -0.25) is 4.79 Å². The minimum atomic E-state index is -4.08. The number of azide groups is 1. The largest absolute Gasteiger partial charge is 0.737 e. The van der Waals surface area contributed by atoms with Crippen molar-refractivity contribution >= 4 is 36.0 Å². The Morgan fingerprint density at radius 3 is 2.97 bits per heavy atom. The lowest BCUT2D eigenvalue weighted by Gasteiger charge is -2.30. The first-order valence-electron chi connectivity index (χ1n) is 9.62. The Labute approximate surface area is 175 Å². The molecular formula is C19H19BF2N6OS. The number of hydrogen-bond donors (Lipinski definition) is 1. The maximum atomic E-state index is 15.6. The fourth-order valence-electron chi connectivity index (χ4n) is 3.78. The number of thiophene rings is 1. The number of fused-ring (bicyclic) bond motifs is 2. The van der Waals surface area contributed by atoms with Gasteiger partial charge in [0, 0.05) is 65.3 Å². The highest BCUT2D eigenvalue weighted by molar-refractivity contribution is 7.13. The van der Waals surface area contributed by atoms with Gasteiger partial charge in [-0.25, -0.2) is 0 Å². The molecule has 30 heavy (non-hydrogen) atoms. The van der Waals surface area contributed by atoms with Crippen LogP contribution in [0.15, 0.2) is 52.6 Å². The molecule has 2 aliphatic rings. The molecule has 11 heteroatoms. The summed E-state index contributed by atoms with van der Waals surface area (Å²) in [6.45, 7) is -3.39. The number of amides is 1. The third kappa shape index (κ3) is 3.69. The molecule has 0 saturated heterocycles. The Bertz CT molecular complexity index is 1110. The van der Waals surface area contributed by atoms with Crippen LogP contribution in [0.1, 0.15) is 25.0 Å². The second kappa shape index (κ2) is 8.29. The number of carbonyl (C=O) groups is 1. The summed E-state index contributed by atoms with van der Waals surface area (Å²) in [4.78, 5) is 15.5. The predicted octanol–water partition coefficient (Wildman–Crippen LogP) is 4.41. The summed E-state index contributed by atoms with van der Waals surface area (Å²) >= 11 is 1.42. The van der Waals surface area contributed by atoms with Gasteiger partial charge in [0.15, 0.2) is 5.70 Å². The van der Waals surface area contributed by atoms with Crippen LogP contribution in [0.5, 0.6) is 0 Å². The van der Waals surface area contributed by atoms with Crippen molar-refractivity contribution in [3.63, 3.8) is 0 Å². The van der Waals surface area contributed by atoms with E-state index in [-0.39, 0.29) is 18.7 Å². The second-order valence-corrected chi connectivity index (χ2v) is 7.95. The minimum absolute atomic E-state index is 0.105. The summed E-state index contributed by atoms with van der Waals surface area (Å²) in [7, 11) is 0. The van der Waals surface area contributed by atoms with Gasteiger partial charge in [-0.1, -0.05) is 11.2 Å². The average molecular weight is 428 g/mol. The van der Waals surface area contributed by atoms with Gasteiger partial charge in [-0.2, -0.15) is 0 Å². The molecule has 0 atom stereocenters. The number of aromatic nitrogens is 1. The Morgan fingerprint density at radius 1 is 1.33 bits per heavy atom. The van der Waals surface area contributed by atoms with Crippen molar-refractivity contribution in [3.05, 3.63) is 63.6 Å². The van der Waals surface area contributed by atoms with Gasteiger partial charge in [0.1, 0.15) is 5.71 Å². The maximum absolute atomic E-state index is 15.6. The first-order valence-corrected chi connectivity index (χ1v) is 10.5. The van der Waals surface area contributed by atoms with Crippen LogP contribution in [0, 0.1) is 0 Å². The Morgan fingerprint density at radius 2 is 2.20 bits per heavy atom. The fourth-order valence-corrected chi connectivity index (χ4v) is 4.53. The van der Waals surface area contributed by atoms with E-state index in [1.54, 1.807) is 30.4 Å². The molecule has 0 aliphatic carbocycles. The normalized spacial score (nSPS) is 16.0. The van der Waals surface area contributed by atoms with E-state index in [0.717, 1.165) is 13.8 Å². The second-order valence-electron chi connectivity index (χ2n) is 7.00. The zero-order chi connectivity index (χ0) is 21.1. The summed E-state index contributed by atoms with van der Waals surface area (Å²) < 4.78 is 33.5. The van der Waals surface area contributed by atoms with Gasteiger partial charge in [-0.15, -0.1) is 11.3 Å². The van der Waals surface area contributed by atoms with Crippen molar-refractivity contribution < 1.29 is 17.9 Å². The number of rotatable bonds is 8. The lowest BCUT2D eigenvalue weighted by molar-refractivity contribution is -0.362. The molecule has 0 spiro atoms. The van der Waals surface area contributed by atoms with Gasteiger partial charge in [0.05, 0.1) is 0 Å². The molecule has 2 aromatic rings. The molecule has 1 N–H and O–H groups in total. The Kier molecular flexibility index (Phi) is 5.56. The molecule has 7 nitrogen and oxygen atoms in total. The first kappa shape index (κ1) is 20.1. The smallest absolute Gasteiger partial charge is 0.389 e. The minimum Gasteiger partial charge on any atom is -0.389 e. The standard InChI is InChI=1S/C19H19BF2N6OS/c21-20(22)27-14(7-9-19(29)24-10-2-11-25-26-23)4-5-15(27)13-16-6-8-17(28(16)20)18-3-1-12-30-18/h1,3-6,8,12-13H,2,7,9-11H2,(H,24,29). The van der Waals surface area contributed by atoms with Gasteiger partial charge in [0.2, 0.25) is 5.91 Å². The molecule has 4 heterocycles. The van der Waals surface area contributed by atoms with Crippen molar-refractivity contribution in [1.29, 1.82) is 0 Å². The molecule has 4 rings (SSSR count). The van der Waals surface area contributed by atoms with Gasteiger partial charge < -0.3 is 22.9 Å². The number of halogens is 2. The van der Waals surface area contributed by atoms with E-state index in [0.29, 0.717) is 42.3 Å². The van der Waals surface area contributed by atoms with Crippen molar-refractivity contribution in [1.82, 2.24) is 9.79 Å². The van der Waals surface area contributed by atoms with Crippen LogP contribution in [0.3, 0.4) is 0 Å². The van der Waals surface area contributed by atoms with Crippen LogP contribution >= 0.6 is 11.3 Å². The zero-order valence-electron chi connectivity index (χ0n) is 16.0. The summed E-state index contributed by atoms with van der Waals surface area (Å²) in [5.41, 5.74) is 10.0. The van der Waals surface area contributed by atoms with Gasteiger partial charge in [-0.05, 0) is 35.5 Å². The maximum Gasteiger partial charge on any atom is 0.737 e. The third-order valence-electron chi connectivity index (χ3n) is 5.10. The molecular weight excluding hydrogens is 409 g/mol. The molecule has 0 bridgehead atoms. The fraction of sp³-hybridized carbons (Fsp3) is 0.263. The zero-order valence-corrected chi connectivity index (χ0v) is 16.9. The third-order valence-corrected chi connectivity index (χ3v) is 6.00. The average Bonchev–Trinajstić information content (AvgIpc) is 3.45. The quantitative estimate of drug-likeness (QED) is 0.218. The highest BCUT2D eigenvalue weighted by Gasteiger charge is 2.52. The summed E-state index contributed by atoms with van der Waals surface area (Å²) in [6, 6.07) is 7.11. The molecule has 0 radical (unpaired) electrons. The number of allylic oxidation sites excluding steroid dienone is 2.